The van der Waals surface area contributed by atoms with E-state index in [1.54, 1.807) is 0 Å². The van der Waals surface area contributed by atoms with Crippen molar-refractivity contribution in [2.45, 2.75) is 116 Å². The number of aliphatic hydroxyl groups excluding tert-OH is 1. The van der Waals surface area contributed by atoms with E-state index in [0.29, 0.717) is 25.7 Å². The molecule has 0 saturated carbocycles. The van der Waals surface area contributed by atoms with Gasteiger partial charge >= 0.3 is 23.9 Å². The second-order valence-corrected chi connectivity index (χ2v) is 12.4. The number of hydrogen-bond acceptors (Lipinski definition) is 11. The molecule has 0 rings (SSSR count). The van der Waals surface area contributed by atoms with Crippen molar-refractivity contribution in [3.8, 4) is 0 Å². The molecule has 0 fully saturated rings. The first-order chi connectivity index (χ1) is 23.9. The van der Waals surface area contributed by atoms with Crippen LogP contribution in [-0.2, 0) is 47.9 Å². The number of aliphatic carboxylic acids is 4. The SMILES string of the molecule is CC[C@@H](CCCCNC(=O)CC[C@H](NC(=O)CC[C@H](CC(=O)CC[C@H](NC(=O)CC[C@H](CC(C)=O)C(=O)O)C(=O)O)C(=O)O)C(=O)O)C(=O)CO. The molecular formula is C33H51N3O15. The number of carbonyl (C=O) groups is 10. The lowest BCUT2D eigenvalue weighted by atomic mass is 9.94. The third-order valence-corrected chi connectivity index (χ3v) is 8.19. The van der Waals surface area contributed by atoms with Gasteiger partial charge < -0.3 is 46.3 Å². The third kappa shape index (κ3) is 21.2. The minimum absolute atomic E-state index is 0.221. The van der Waals surface area contributed by atoms with Crippen molar-refractivity contribution in [3.63, 3.8) is 0 Å². The van der Waals surface area contributed by atoms with Gasteiger partial charge in [-0.3, -0.25) is 33.6 Å². The van der Waals surface area contributed by atoms with Crippen LogP contribution in [0.25, 0.3) is 0 Å². The molecule has 0 radical (unpaired) electrons. The Morgan fingerprint density at radius 2 is 1.02 bits per heavy atom. The fourth-order valence-corrected chi connectivity index (χ4v) is 5.14. The molecule has 288 valence electrons. The van der Waals surface area contributed by atoms with Crippen LogP contribution in [0.2, 0.25) is 0 Å². The highest BCUT2D eigenvalue weighted by atomic mass is 16.4. The summed E-state index contributed by atoms with van der Waals surface area (Å²) in [5.74, 6) is -11.8. The van der Waals surface area contributed by atoms with Gasteiger partial charge in [0, 0.05) is 51.0 Å². The zero-order valence-corrected chi connectivity index (χ0v) is 29.0. The molecule has 0 spiro atoms. The zero-order valence-electron chi connectivity index (χ0n) is 29.0. The van der Waals surface area contributed by atoms with Crippen LogP contribution in [0.3, 0.4) is 0 Å². The summed E-state index contributed by atoms with van der Waals surface area (Å²) in [6.07, 6.45) is -1.30. The summed E-state index contributed by atoms with van der Waals surface area (Å²) in [6, 6.07) is -2.99. The van der Waals surface area contributed by atoms with Crippen LogP contribution in [-0.4, -0.2) is 110 Å². The number of ketones is 3. The molecule has 0 aromatic carbocycles. The maximum absolute atomic E-state index is 12.5. The van der Waals surface area contributed by atoms with Crippen LogP contribution in [0.4, 0.5) is 0 Å². The third-order valence-electron chi connectivity index (χ3n) is 8.19. The Hall–Kier alpha value is -4.74. The zero-order chi connectivity index (χ0) is 39.1. The summed E-state index contributed by atoms with van der Waals surface area (Å²) in [4.78, 5) is 118. The number of rotatable bonds is 30. The molecular weight excluding hydrogens is 678 g/mol. The van der Waals surface area contributed by atoms with Crippen LogP contribution in [0.1, 0.15) is 104 Å². The number of aliphatic hydroxyl groups is 1. The van der Waals surface area contributed by atoms with Gasteiger partial charge in [-0.2, -0.15) is 0 Å². The lowest BCUT2D eigenvalue weighted by Gasteiger charge is -2.17. The Morgan fingerprint density at radius 1 is 0.549 bits per heavy atom. The summed E-state index contributed by atoms with van der Waals surface area (Å²) < 4.78 is 0. The molecule has 0 saturated heterocycles. The first kappa shape index (κ1) is 46.3. The molecule has 3 amide bonds. The molecule has 51 heavy (non-hydrogen) atoms. The van der Waals surface area contributed by atoms with E-state index in [1.807, 2.05) is 6.92 Å². The van der Waals surface area contributed by atoms with Crippen molar-refractivity contribution in [2.75, 3.05) is 13.2 Å². The Kier molecular flexibility index (Phi) is 22.9. The smallest absolute Gasteiger partial charge is 0.326 e. The number of hydrogen-bond donors (Lipinski definition) is 8. The number of amides is 3. The monoisotopic (exact) mass is 729 g/mol. The van der Waals surface area contributed by atoms with Crippen LogP contribution in [0.5, 0.6) is 0 Å². The van der Waals surface area contributed by atoms with Gasteiger partial charge in [0.05, 0.1) is 11.8 Å². The highest BCUT2D eigenvalue weighted by Crippen LogP contribution is 2.17. The minimum atomic E-state index is -1.54. The molecule has 5 atom stereocenters. The van der Waals surface area contributed by atoms with E-state index in [0.717, 1.165) is 0 Å². The first-order valence-corrected chi connectivity index (χ1v) is 16.8. The Balaban J connectivity index is 4.79. The molecule has 18 heteroatoms. The summed E-state index contributed by atoms with van der Waals surface area (Å²) in [6.45, 7) is 2.79. The standard InChI is InChI=1S/C33H51N3O15/c1-3-20(26(40)18-37)6-4-5-15-34-27(41)14-11-25(33(50)51)36-29(43)13-8-22(31(46)47)17-23(39)9-10-24(32(48)49)35-28(42)12-7-21(30(44)45)16-19(2)38/h20-22,24-25,37H,3-18H2,1-2H3,(H,34,41)(H,35,42)(H,36,43)(H,44,45)(H,46,47)(H,48,49)(H,50,51)/t20-,21+,22+,24-,25-/m0/s1. The average Bonchev–Trinajstić information content (AvgIpc) is 3.05. The number of carbonyl (C=O) groups excluding carboxylic acids is 6. The molecule has 0 bridgehead atoms. The van der Waals surface area contributed by atoms with Crippen molar-refractivity contribution >= 4 is 58.9 Å². The molecule has 0 unspecified atom stereocenters. The molecule has 0 aliphatic rings. The Morgan fingerprint density at radius 3 is 1.45 bits per heavy atom. The van der Waals surface area contributed by atoms with E-state index in [2.05, 4.69) is 16.0 Å². The normalized spacial score (nSPS) is 13.8. The number of nitrogens with one attached hydrogen (secondary N) is 3. The maximum atomic E-state index is 12.5. The summed E-state index contributed by atoms with van der Waals surface area (Å²) in [5.41, 5.74) is 0. The number of carboxylic acid groups (broad SMARTS) is 4. The fourth-order valence-electron chi connectivity index (χ4n) is 5.14. The van der Waals surface area contributed by atoms with Gasteiger partial charge in [-0.1, -0.05) is 13.3 Å². The van der Waals surface area contributed by atoms with Crippen LogP contribution in [0, 0.1) is 17.8 Å². The molecule has 0 aromatic heterocycles. The Bertz CT molecular complexity index is 1250. The quantitative estimate of drug-likeness (QED) is 0.0466. The predicted octanol–water partition coefficient (Wildman–Crippen LogP) is 0.460. The Labute approximate surface area is 295 Å². The van der Waals surface area contributed by atoms with Gasteiger partial charge in [0.15, 0.2) is 5.78 Å². The summed E-state index contributed by atoms with van der Waals surface area (Å²) in [5, 5.41) is 53.7. The lowest BCUT2D eigenvalue weighted by molar-refractivity contribution is -0.145. The van der Waals surface area contributed by atoms with E-state index in [-0.39, 0.29) is 50.4 Å². The predicted molar refractivity (Wildman–Crippen MR) is 176 cm³/mol. The summed E-state index contributed by atoms with van der Waals surface area (Å²) >= 11 is 0. The van der Waals surface area contributed by atoms with Gasteiger partial charge in [-0.25, -0.2) is 9.59 Å². The van der Waals surface area contributed by atoms with Crippen LogP contribution in [0.15, 0.2) is 0 Å². The van der Waals surface area contributed by atoms with Crippen LogP contribution < -0.4 is 16.0 Å². The maximum Gasteiger partial charge on any atom is 0.326 e. The van der Waals surface area contributed by atoms with Gasteiger partial charge in [-0.05, 0) is 51.9 Å². The van der Waals surface area contributed by atoms with Crippen molar-refractivity contribution in [1.29, 1.82) is 0 Å². The van der Waals surface area contributed by atoms with Crippen molar-refractivity contribution in [3.05, 3.63) is 0 Å². The molecule has 8 N–H and O–H groups in total. The van der Waals surface area contributed by atoms with Gasteiger partial charge in [0.25, 0.3) is 0 Å². The van der Waals surface area contributed by atoms with E-state index in [1.165, 1.54) is 6.92 Å². The highest BCUT2D eigenvalue weighted by Gasteiger charge is 2.27. The number of unbranched alkanes of at least 4 members (excludes halogenated alkanes) is 1. The van der Waals surface area contributed by atoms with Crippen molar-refractivity contribution < 1.29 is 73.5 Å². The number of Topliss-reactive ketones (excluding diaryl/α,β-unsaturated/α-hetero) is 3. The lowest BCUT2D eigenvalue weighted by Crippen LogP contribution is -2.42. The second-order valence-electron chi connectivity index (χ2n) is 12.4. The first-order valence-electron chi connectivity index (χ1n) is 16.8. The largest absolute Gasteiger partial charge is 0.481 e. The second kappa shape index (κ2) is 25.2. The van der Waals surface area contributed by atoms with Crippen molar-refractivity contribution in [1.82, 2.24) is 16.0 Å². The van der Waals surface area contributed by atoms with Gasteiger partial charge in [-0.15, -0.1) is 0 Å². The van der Waals surface area contributed by atoms with E-state index in [9.17, 15) is 68.4 Å². The molecule has 0 aliphatic heterocycles. The average molecular weight is 730 g/mol. The number of carboxylic acids is 4. The highest BCUT2D eigenvalue weighted by molar-refractivity contribution is 5.88. The topological polar surface area (TPSA) is 308 Å². The minimum Gasteiger partial charge on any atom is -0.481 e. The van der Waals surface area contributed by atoms with Gasteiger partial charge in [0.1, 0.15) is 30.3 Å². The van der Waals surface area contributed by atoms with Crippen molar-refractivity contribution in [2.24, 2.45) is 17.8 Å². The molecule has 0 heterocycles. The fraction of sp³-hybridized carbons (Fsp3) is 0.697. The van der Waals surface area contributed by atoms with Gasteiger partial charge in [0.2, 0.25) is 17.7 Å². The summed E-state index contributed by atoms with van der Waals surface area (Å²) in [7, 11) is 0. The van der Waals surface area contributed by atoms with Crippen LogP contribution >= 0.6 is 0 Å². The van der Waals surface area contributed by atoms with E-state index >= 15 is 0 Å². The molecule has 18 nitrogen and oxygen atoms in total. The molecule has 0 aliphatic carbocycles. The van der Waals surface area contributed by atoms with E-state index < -0.39 is 116 Å². The molecule has 0 aromatic rings. The van der Waals surface area contributed by atoms with E-state index in [4.69, 9.17) is 5.11 Å².